The average molecular weight is 480 g/mol. The molecule has 1 aromatic heterocycles. The summed E-state index contributed by atoms with van der Waals surface area (Å²) in [4.78, 5) is 4.01. The number of hydrogen-bond acceptors (Lipinski definition) is 2. The Morgan fingerprint density at radius 1 is 1.00 bits per heavy atom. The molecule has 0 amide bonds. The quantitative estimate of drug-likeness (QED) is 0.253. The fourth-order valence-corrected chi connectivity index (χ4v) is 6.76. The fraction of sp³-hybridized carbons (Fsp3) is 0.500. The van der Waals surface area contributed by atoms with E-state index in [1.807, 2.05) is 20.8 Å². The monoisotopic (exact) mass is 479 g/mol. The van der Waals surface area contributed by atoms with Gasteiger partial charge in [-0.05, 0) is 61.2 Å². The predicted octanol–water partition coefficient (Wildman–Crippen LogP) is 8.12. The van der Waals surface area contributed by atoms with E-state index in [2.05, 4.69) is 4.98 Å². The van der Waals surface area contributed by atoms with Crippen LogP contribution in [0.1, 0.15) is 56.5 Å². The van der Waals surface area contributed by atoms with Gasteiger partial charge in [-0.2, -0.15) is 13.2 Å². The van der Waals surface area contributed by atoms with Crippen molar-refractivity contribution in [2.45, 2.75) is 70.4 Å². The van der Waals surface area contributed by atoms with Crippen molar-refractivity contribution in [3.63, 3.8) is 0 Å². The Bertz CT molecular complexity index is 845. The Balaban J connectivity index is 2.28. The largest absolute Gasteiger partial charge is 0.417 e. The third kappa shape index (κ3) is 6.99. The number of benzene rings is 1. The molecule has 31 heavy (non-hydrogen) atoms. The minimum absolute atomic E-state index is 0.0946. The highest BCUT2D eigenvalue weighted by Crippen LogP contribution is 2.37. The van der Waals surface area contributed by atoms with Gasteiger partial charge in [-0.25, -0.2) is 8.78 Å². The number of aromatic nitrogens is 1. The van der Waals surface area contributed by atoms with Gasteiger partial charge in [-0.3, -0.25) is 4.98 Å². The van der Waals surface area contributed by atoms with Crippen molar-refractivity contribution in [2.24, 2.45) is 0 Å². The van der Waals surface area contributed by atoms with Crippen LogP contribution in [0, 0.1) is 11.6 Å². The Morgan fingerprint density at radius 2 is 1.58 bits per heavy atom. The van der Waals surface area contributed by atoms with Crippen LogP contribution in [0.25, 0.3) is 0 Å². The second-order valence-electron chi connectivity index (χ2n) is 7.61. The molecule has 9 heteroatoms. The van der Waals surface area contributed by atoms with Gasteiger partial charge in [0, 0.05) is 12.3 Å². The molecular formula is C22H27ClF5NOSi. The van der Waals surface area contributed by atoms with Crippen LogP contribution in [-0.4, -0.2) is 13.3 Å². The summed E-state index contributed by atoms with van der Waals surface area (Å²) in [5, 5.41) is -0.0946. The molecule has 1 heterocycles. The molecule has 0 saturated carbocycles. The Kier molecular flexibility index (Phi) is 9.03. The lowest BCUT2D eigenvalue weighted by Gasteiger charge is -2.33. The van der Waals surface area contributed by atoms with E-state index in [-0.39, 0.29) is 10.7 Å². The van der Waals surface area contributed by atoms with Crippen LogP contribution < -0.4 is 0 Å². The number of pyridine rings is 1. The number of rotatable bonds is 10. The summed E-state index contributed by atoms with van der Waals surface area (Å²) >= 11 is 6.20. The van der Waals surface area contributed by atoms with Crippen LogP contribution in [-0.2, 0) is 17.0 Å². The van der Waals surface area contributed by atoms with Crippen LogP contribution in [0.2, 0.25) is 23.2 Å². The van der Waals surface area contributed by atoms with Crippen molar-refractivity contribution in [1.82, 2.24) is 4.98 Å². The second-order valence-corrected chi connectivity index (χ2v) is 12.7. The van der Waals surface area contributed by atoms with Crippen LogP contribution in [0.4, 0.5) is 22.0 Å². The molecule has 0 aliphatic carbocycles. The molecule has 0 bridgehead atoms. The van der Waals surface area contributed by atoms with Gasteiger partial charge in [0.2, 0.25) is 0 Å². The van der Waals surface area contributed by atoms with Crippen LogP contribution in [0.3, 0.4) is 0 Å². The van der Waals surface area contributed by atoms with Gasteiger partial charge in [-0.15, -0.1) is 0 Å². The standard InChI is InChI=1S/C22H27ClF5NOSi/c1-4-31(5-2,6-3)30-20(9-7-8-15-10-17(24)13-18(25)11-15)21-19(23)12-16(14-29-21)22(26,27)28/h10-14,20H,4-9H2,1-3H3. The third-order valence-electron chi connectivity index (χ3n) is 5.68. The van der Waals surface area contributed by atoms with E-state index in [0.717, 1.165) is 36.5 Å². The van der Waals surface area contributed by atoms with E-state index in [9.17, 15) is 22.0 Å². The summed E-state index contributed by atoms with van der Waals surface area (Å²) in [7, 11) is -2.12. The number of hydrogen-bond donors (Lipinski definition) is 0. The summed E-state index contributed by atoms with van der Waals surface area (Å²) < 4.78 is 72.4. The molecule has 2 aromatic rings. The number of nitrogens with zero attached hydrogens (tertiary/aromatic N) is 1. The van der Waals surface area contributed by atoms with Gasteiger partial charge in [0.05, 0.1) is 22.4 Å². The molecule has 0 radical (unpaired) electrons. The number of aryl methyl sites for hydroxylation is 1. The molecule has 0 N–H and O–H groups in total. The Morgan fingerprint density at radius 3 is 2.06 bits per heavy atom. The lowest BCUT2D eigenvalue weighted by atomic mass is 10.0. The maximum absolute atomic E-state index is 13.4. The van der Waals surface area contributed by atoms with Gasteiger partial charge in [0.15, 0.2) is 8.32 Å². The summed E-state index contributed by atoms with van der Waals surface area (Å²) in [6, 6.07) is 6.77. The molecule has 0 aliphatic rings. The fourth-order valence-electron chi connectivity index (χ4n) is 3.64. The van der Waals surface area contributed by atoms with E-state index < -0.39 is 37.8 Å². The first kappa shape index (κ1) is 25.7. The van der Waals surface area contributed by atoms with E-state index in [4.69, 9.17) is 16.0 Å². The minimum atomic E-state index is -4.54. The van der Waals surface area contributed by atoms with Gasteiger partial charge in [0.25, 0.3) is 0 Å². The molecule has 2 rings (SSSR count). The highest BCUT2D eigenvalue weighted by atomic mass is 35.5. The zero-order valence-corrected chi connectivity index (χ0v) is 19.6. The zero-order chi connectivity index (χ0) is 23.2. The third-order valence-corrected chi connectivity index (χ3v) is 10.6. The first-order valence-electron chi connectivity index (χ1n) is 10.4. The first-order valence-corrected chi connectivity index (χ1v) is 13.3. The summed E-state index contributed by atoms with van der Waals surface area (Å²) in [6.45, 7) is 6.15. The van der Waals surface area contributed by atoms with Crippen molar-refractivity contribution in [3.05, 3.63) is 63.9 Å². The van der Waals surface area contributed by atoms with Gasteiger partial charge < -0.3 is 4.43 Å². The molecule has 1 aromatic carbocycles. The molecular weight excluding hydrogens is 453 g/mol. The highest BCUT2D eigenvalue weighted by Gasteiger charge is 2.35. The van der Waals surface area contributed by atoms with Crippen LogP contribution in [0.15, 0.2) is 30.5 Å². The maximum atomic E-state index is 13.4. The summed E-state index contributed by atoms with van der Waals surface area (Å²) in [5.41, 5.74) is -0.139. The van der Waals surface area contributed by atoms with Crippen molar-refractivity contribution in [2.75, 3.05) is 0 Å². The normalized spacial score (nSPS) is 13.5. The lowest BCUT2D eigenvalue weighted by molar-refractivity contribution is -0.137. The molecule has 0 saturated heterocycles. The van der Waals surface area contributed by atoms with Gasteiger partial charge >= 0.3 is 6.18 Å². The van der Waals surface area contributed by atoms with E-state index in [1.54, 1.807) is 0 Å². The van der Waals surface area contributed by atoms with Crippen LogP contribution in [0.5, 0.6) is 0 Å². The first-order chi connectivity index (χ1) is 14.5. The SMILES string of the molecule is CC[Si](CC)(CC)OC(CCCc1cc(F)cc(F)c1)c1ncc(C(F)(F)F)cc1Cl. The van der Waals surface area contributed by atoms with Gasteiger partial charge in [-0.1, -0.05) is 32.4 Å². The topological polar surface area (TPSA) is 22.1 Å². The van der Waals surface area contributed by atoms with Crippen molar-refractivity contribution in [1.29, 1.82) is 0 Å². The Labute approximate surface area is 185 Å². The molecule has 0 fully saturated rings. The Hall–Kier alpha value is -1.51. The lowest BCUT2D eigenvalue weighted by Crippen LogP contribution is -2.37. The molecule has 1 unspecified atom stereocenters. The zero-order valence-electron chi connectivity index (χ0n) is 17.8. The molecule has 0 spiro atoms. The average Bonchev–Trinajstić information content (AvgIpc) is 2.70. The van der Waals surface area contributed by atoms with Crippen molar-refractivity contribution < 1.29 is 26.4 Å². The molecule has 172 valence electrons. The maximum Gasteiger partial charge on any atom is 0.417 e. The predicted molar refractivity (Wildman–Crippen MR) is 115 cm³/mol. The molecule has 0 aliphatic heterocycles. The van der Waals surface area contributed by atoms with E-state index in [0.29, 0.717) is 24.8 Å². The second kappa shape index (κ2) is 10.9. The van der Waals surface area contributed by atoms with E-state index in [1.165, 1.54) is 12.1 Å². The van der Waals surface area contributed by atoms with E-state index >= 15 is 0 Å². The van der Waals surface area contributed by atoms with Crippen LogP contribution >= 0.6 is 11.6 Å². The van der Waals surface area contributed by atoms with Crippen molar-refractivity contribution >= 4 is 19.9 Å². The highest BCUT2D eigenvalue weighted by molar-refractivity contribution is 6.73. The summed E-state index contributed by atoms with van der Waals surface area (Å²) in [6.07, 6.45) is -3.03. The minimum Gasteiger partial charge on any atom is -0.408 e. The number of alkyl halides is 3. The van der Waals surface area contributed by atoms with Crippen molar-refractivity contribution in [3.8, 4) is 0 Å². The molecule has 1 atom stereocenters. The number of halogens is 6. The van der Waals surface area contributed by atoms with Gasteiger partial charge in [0.1, 0.15) is 11.6 Å². The smallest absolute Gasteiger partial charge is 0.408 e. The molecule has 2 nitrogen and oxygen atoms in total. The summed E-state index contributed by atoms with van der Waals surface area (Å²) in [5.74, 6) is -1.30.